The Hall–Kier alpha value is -0.460. The van der Waals surface area contributed by atoms with Crippen molar-refractivity contribution in [2.75, 3.05) is 18.1 Å². The monoisotopic (exact) mass is 290 g/mol. The molecule has 104 valence electrons. The molecule has 0 bridgehead atoms. The zero-order chi connectivity index (χ0) is 13.4. The van der Waals surface area contributed by atoms with Crippen LogP contribution in [0.25, 0.3) is 0 Å². The maximum absolute atomic E-state index is 11.5. The highest BCUT2D eigenvalue weighted by Crippen LogP contribution is 2.22. The SMILES string of the molecule is CCCNC(CCCS(=O)(=O)CC)c1cncs1. The lowest BCUT2D eigenvalue weighted by molar-refractivity contribution is 0.498. The summed E-state index contributed by atoms with van der Waals surface area (Å²) in [7, 11) is -2.84. The van der Waals surface area contributed by atoms with Gasteiger partial charge in [-0.15, -0.1) is 11.3 Å². The minimum atomic E-state index is -2.84. The van der Waals surface area contributed by atoms with E-state index >= 15 is 0 Å². The van der Waals surface area contributed by atoms with Crippen molar-refractivity contribution in [2.24, 2.45) is 0 Å². The van der Waals surface area contributed by atoms with Crippen molar-refractivity contribution in [3.05, 3.63) is 16.6 Å². The quantitative estimate of drug-likeness (QED) is 0.758. The van der Waals surface area contributed by atoms with Crippen LogP contribution in [0.1, 0.15) is 44.0 Å². The highest BCUT2D eigenvalue weighted by molar-refractivity contribution is 7.91. The highest BCUT2D eigenvalue weighted by Gasteiger charge is 2.14. The van der Waals surface area contributed by atoms with Crippen LogP contribution >= 0.6 is 11.3 Å². The van der Waals surface area contributed by atoms with Crippen molar-refractivity contribution in [1.82, 2.24) is 10.3 Å². The maximum Gasteiger partial charge on any atom is 0.150 e. The number of rotatable bonds is 9. The summed E-state index contributed by atoms with van der Waals surface area (Å²) in [5, 5.41) is 3.45. The molecule has 1 heterocycles. The van der Waals surface area contributed by atoms with Crippen LogP contribution < -0.4 is 5.32 Å². The standard InChI is InChI=1S/C12H22N2O2S2/c1-3-7-14-11(12-9-13-10-17-12)6-5-8-18(15,16)4-2/h9-11,14H,3-8H2,1-2H3. The molecule has 1 aromatic rings. The average molecular weight is 290 g/mol. The van der Waals surface area contributed by atoms with Gasteiger partial charge < -0.3 is 5.32 Å². The Labute approximate surface area is 114 Å². The van der Waals surface area contributed by atoms with E-state index in [-0.39, 0.29) is 17.5 Å². The van der Waals surface area contributed by atoms with Crippen molar-refractivity contribution in [2.45, 2.75) is 39.2 Å². The van der Waals surface area contributed by atoms with Crippen molar-refractivity contribution in [1.29, 1.82) is 0 Å². The number of hydrogen-bond donors (Lipinski definition) is 1. The van der Waals surface area contributed by atoms with Crippen molar-refractivity contribution in [3.8, 4) is 0 Å². The van der Waals surface area contributed by atoms with Crippen molar-refractivity contribution < 1.29 is 8.42 Å². The summed E-state index contributed by atoms with van der Waals surface area (Å²) in [4.78, 5) is 5.28. The van der Waals surface area contributed by atoms with Gasteiger partial charge >= 0.3 is 0 Å². The Morgan fingerprint density at radius 2 is 2.22 bits per heavy atom. The van der Waals surface area contributed by atoms with E-state index in [9.17, 15) is 8.42 Å². The molecule has 1 aromatic heterocycles. The predicted octanol–water partition coefficient (Wildman–Crippen LogP) is 2.40. The van der Waals surface area contributed by atoms with E-state index in [1.165, 1.54) is 4.88 Å². The predicted molar refractivity (Wildman–Crippen MR) is 76.7 cm³/mol. The first-order chi connectivity index (χ1) is 8.59. The van der Waals surface area contributed by atoms with Crippen molar-refractivity contribution in [3.63, 3.8) is 0 Å². The summed E-state index contributed by atoms with van der Waals surface area (Å²) < 4.78 is 22.9. The van der Waals surface area contributed by atoms with Crippen LogP contribution in [0, 0.1) is 0 Å². The molecule has 6 heteroatoms. The van der Waals surface area contributed by atoms with Crippen LogP contribution in [0.15, 0.2) is 11.7 Å². The third kappa shape index (κ3) is 5.46. The van der Waals surface area contributed by atoms with E-state index in [2.05, 4.69) is 17.2 Å². The fraction of sp³-hybridized carbons (Fsp3) is 0.750. The smallest absolute Gasteiger partial charge is 0.150 e. The fourth-order valence-electron chi connectivity index (χ4n) is 1.71. The Bertz CT molecular complexity index is 415. The van der Waals surface area contributed by atoms with Crippen LogP contribution in [0.2, 0.25) is 0 Å². The molecule has 0 fully saturated rings. The van der Waals surface area contributed by atoms with Gasteiger partial charge in [-0.2, -0.15) is 0 Å². The first kappa shape index (κ1) is 15.6. The summed E-state index contributed by atoms with van der Waals surface area (Å²) in [6.45, 7) is 4.77. The molecule has 0 saturated heterocycles. The van der Waals surface area contributed by atoms with Gasteiger partial charge in [0.25, 0.3) is 0 Å². The number of sulfone groups is 1. The third-order valence-corrected chi connectivity index (χ3v) is 5.50. The summed E-state index contributed by atoms with van der Waals surface area (Å²) in [5.74, 6) is 0.521. The second-order valence-corrected chi connectivity index (χ2v) is 7.68. The van der Waals surface area contributed by atoms with Gasteiger partial charge in [-0.1, -0.05) is 13.8 Å². The molecule has 0 radical (unpaired) electrons. The van der Waals surface area contributed by atoms with E-state index in [4.69, 9.17) is 0 Å². The summed E-state index contributed by atoms with van der Waals surface area (Å²) in [6.07, 6.45) is 4.49. The van der Waals surface area contributed by atoms with Crippen LogP contribution in [0.3, 0.4) is 0 Å². The zero-order valence-electron chi connectivity index (χ0n) is 11.1. The van der Waals surface area contributed by atoms with Gasteiger partial charge in [0.2, 0.25) is 0 Å². The number of nitrogens with one attached hydrogen (secondary N) is 1. The molecule has 18 heavy (non-hydrogen) atoms. The topological polar surface area (TPSA) is 59.1 Å². The second-order valence-electron chi connectivity index (χ2n) is 4.29. The number of hydrogen-bond acceptors (Lipinski definition) is 5. The van der Waals surface area contributed by atoms with Crippen molar-refractivity contribution >= 4 is 21.2 Å². The van der Waals surface area contributed by atoms with Crippen LogP contribution in [-0.2, 0) is 9.84 Å². The summed E-state index contributed by atoms with van der Waals surface area (Å²) in [6, 6.07) is 0.240. The minimum Gasteiger partial charge on any atom is -0.309 e. The van der Waals surface area contributed by atoms with Gasteiger partial charge in [-0.25, -0.2) is 8.42 Å². The second kappa shape index (κ2) is 7.86. The van der Waals surface area contributed by atoms with Crippen LogP contribution in [0.4, 0.5) is 0 Å². The average Bonchev–Trinajstić information content (AvgIpc) is 2.87. The van der Waals surface area contributed by atoms with E-state index in [1.54, 1.807) is 18.3 Å². The molecule has 0 saturated carbocycles. The minimum absolute atomic E-state index is 0.237. The molecule has 0 amide bonds. The lowest BCUT2D eigenvalue weighted by atomic mass is 10.1. The van der Waals surface area contributed by atoms with Gasteiger partial charge in [-0.3, -0.25) is 4.98 Å². The molecular formula is C12H22N2O2S2. The zero-order valence-corrected chi connectivity index (χ0v) is 12.7. The molecule has 0 aromatic carbocycles. The lowest BCUT2D eigenvalue weighted by Crippen LogP contribution is -2.22. The Morgan fingerprint density at radius 1 is 1.44 bits per heavy atom. The molecule has 1 unspecified atom stereocenters. The Kier molecular flexibility index (Phi) is 6.81. The summed E-state index contributed by atoms with van der Waals surface area (Å²) >= 11 is 1.62. The van der Waals surface area contributed by atoms with Gasteiger partial charge in [0.05, 0.1) is 11.3 Å². The molecule has 0 aliphatic heterocycles. The molecule has 1 rings (SSSR count). The summed E-state index contributed by atoms with van der Waals surface area (Å²) in [5.41, 5.74) is 1.82. The van der Waals surface area contributed by atoms with Crippen LogP contribution in [0.5, 0.6) is 0 Å². The number of aromatic nitrogens is 1. The Morgan fingerprint density at radius 3 is 2.78 bits per heavy atom. The third-order valence-electron chi connectivity index (χ3n) is 2.82. The maximum atomic E-state index is 11.5. The van der Waals surface area contributed by atoms with E-state index in [0.29, 0.717) is 6.42 Å². The number of nitrogens with zero attached hydrogens (tertiary/aromatic N) is 1. The van der Waals surface area contributed by atoms with Gasteiger partial charge in [0, 0.05) is 22.9 Å². The molecule has 0 aliphatic rings. The van der Waals surface area contributed by atoms with E-state index in [0.717, 1.165) is 19.4 Å². The largest absolute Gasteiger partial charge is 0.309 e. The normalized spacial score (nSPS) is 13.7. The molecule has 0 aliphatic carbocycles. The molecule has 1 atom stereocenters. The fourth-order valence-corrected chi connectivity index (χ4v) is 3.34. The lowest BCUT2D eigenvalue weighted by Gasteiger charge is -2.16. The molecule has 0 spiro atoms. The first-order valence-corrected chi connectivity index (χ1v) is 9.11. The van der Waals surface area contributed by atoms with E-state index in [1.807, 2.05) is 11.7 Å². The first-order valence-electron chi connectivity index (χ1n) is 6.41. The molecule has 4 nitrogen and oxygen atoms in total. The number of thiazole rings is 1. The molecular weight excluding hydrogens is 268 g/mol. The molecule has 1 N–H and O–H groups in total. The Balaban J connectivity index is 2.47. The van der Waals surface area contributed by atoms with Gasteiger partial charge in [-0.05, 0) is 25.8 Å². The van der Waals surface area contributed by atoms with Gasteiger partial charge in [0.1, 0.15) is 9.84 Å². The highest BCUT2D eigenvalue weighted by atomic mass is 32.2. The van der Waals surface area contributed by atoms with Gasteiger partial charge in [0.15, 0.2) is 0 Å². The van der Waals surface area contributed by atoms with E-state index < -0.39 is 9.84 Å². The van der Waals surface area contributed by atoms with Crippen LogP contribution in [-0.4, -0.2) is 31.5 Å².